The van der Waals surface area contributed by atoms with Crippen LogP contribution in [-0.2, 0) is 0 Å². The first kappa shape index (κ1) is 15.3. The molecule has 2 aromatic carbocycles. The number of carbonyl (C=O) groups is 2. The van der Waals surface area contributed by atoms with Gasteiger partial charge in [-0.05, 0) is 36.4 Å². The summed E-state index contributed by atoms with van der Waals surface area (Å²) in [7, 11) is 1.48. The SMILES string of the molecule is COc1c(C(=O)CC(=O)c2ccc3c(c2)OCO3)ccc2occc12. The predicted molar refractivity (Wildman–Crippen MR) is 88.6 cm³/mol. The fourth-order valence-electron chi connectivity index (χ4n) is 2.87. The summed E-state index contributed by atoms with van der Waals surface area (Å²) in [6.45, 7) is 0.133. The maximum Gasteiger partial charge on any atom is 0.231 e. The first-order chi connectivity index (χ1) is 12.2. The Morgan fingerprint density at radius 2 is 1.88 bits per heavy atom. The molecule has 4 rings (SSSR count). The summed E-state index contributed by atoms with van der Waals surface area (Å²) in [5, 5.41) is 0.698. The number of methoxy groups -OCH3 is 1. The van der Waals surface area contributed by atoms with E-state index < -0.39 is 0 Å². The van der Waals surface area contributed by atoms with Gasteiger partial charge in [-0.1, -0.05) is 0 Å². The number of fused-ring (bicyclic) bond motifs is 2. The summed E-state index contributed by atoms with van der Waals surface area (Å²) in [4.78, 5) is 25.1. The Kier molecular flexibility index (Phi) is 3.65. The lowest BCUT2D eigenvalue weighted by molar-refractivity contribution is 0.0892. The number of hydrogen-bond donors (Lipinski definition) is 0. The highest BCUT2D eigenvalue weighted by Gasteiger charge is 2.21. The summed E-state index contributed by atoms with van der Waals surface area (Å²) in [5.74, 6) is 0.903. The van der Waals surface area contributed by atoms with Gasteiger partial charge < -0.3 is 18.6 Å². The van der Waals surface area contributed by atoms with Crippen molar-refractivity contribution in [3.05, 3.63) is 53.8 Å². The first-order valence-electron chi connectivity index (χ1n) is 7.67. The van der Waals surface area contributed by atoms with Gasteiger partial charge in [0.25, 0.3) is 0 Å². The van der Waals surface area contributed by atoms with E-state index in [1.165, 1.54) is 13.4 Å². The van der Waals surface area contributed by atoms with E-state index in [2.05, 4.69) is 0 Å². The lowest BCUT2D eigenvalue weighted by atomic mass is 9.99. The van der Waals surface area contributed by atoms with E-state index in [0.717, 1.165) is 0 Å². The molecular weight excluding hydrogens is 324 g/mol. The van der Waals surface area contributed by atoms with E-state index in [1.54, 1.807) is 36.4 Å². The molecule has 6 nitrogen and oxygen atoms in total. The summed E-state index contributed by atoms with van der Waals surface area (Å²) in [6.07, 6.45) is 1.26. The molecule has 0 radical (unpaired) electrons. The number of rotatable bonds is 5. The van der Waals surface area contributed by atoms with Gasteiger partial charge in [0.1, 0.15) is 11.3 Å². The van der Waals surface area contributed by atoms with E-state index in [1.807, 2.05) is 0 Å². The molecule has 6 heteroatoms. The van der Waals surface area contributed by atoms with Gasteiger partial charge in [-0.25, -0.2) is 0 Å². The molecule has 25 heavy (non-hydrogen) atoms. The monoisotopic (exact) mass is 338 g/mol. The number of ether oxygens (including phenoxy) is 3. The molecule has 0 saturated heterocycles. The third kappa shape index (κ3) is 2.61. The second kappa shape index (κ2) is 5.98. The molecule has 0 aliphatic carbocycles. The van der Waals surface area contributed by atoms with Gasteiger partial charge in [0, 0.05) is 5.56 Å². The molecule has 126 valence electrons. The highest BCUT2D eigenvalue weighted by atomic mass is 16.7. The smallest absolute Gasteiger partial charge is 0.231 e. The van der Waals surface area contributed by atoms with Crippen LogP contribution < -0.4 is 14.2 Å². The molecule has 0 spiro atoms. The minimum Gasteiger partial charge on any atom is -0.495 e. The third-order valence-electron chi connectivity index (χ3n) is 4.11. The molecule has 0 N–H and O–H groups in total. The van der Waals surface area contributed by atoms with Crippen LogP contribution in [0.2, 0.25) is 0 Å². The van der Waals surface area contributed by atoms with Crippen LogP contribution in [0.5, 0.6) is 17.2 Å². The largest absolute Gasteiger partial charge is 0.495 e. The number of furan rings is 1. The average Bonchev–Trinajstić information content (AvgIpc) is 3.28. The second-order valence-electron chi connectivity index (χ2n) is 5.57. The molecule has 1 aromatic heterocycles. The fourth-order valence-corrected chi connectivity index (χ4v) is 2.87. The Balaban J connectivity index is 1.60. The number of ketones is 2. The van der Waals surface area contributed by atoms with Crippen LogP contribution in [-0.4, -0.2) is 25.5 Å². The van der Waals surface area contributed by atoms with Gasteiger partial charge in [-0.3, -0.25) is 9.59 Å². The van der Waals surface area contributed by atoms with Gasteiger partial charge in [0.2, 0.25) is 6.79 Å². The van der Waals surface area contributed by atoms with Crippen LogP contribution in [0.1, 0.15) is 27.1 Å². The van der Waals surface area contributed by atoms with Crippen molar-refractivity contribution in [2.24, 2.45) is 0 Å². The van der Waals surface area contributed by atoms with E-state index >= 15 is 0 Å². The molecular formula is C19H14O6. The number of benzene rings is 2. The minimum atomic E-state index is -0.317. The lowest BCUT2D eigenvalue weighted by Gasteiger charge is -2.08. The number of carbonyl (C=O) groups excluding carboxylic acids is 2. The average molecular weight is 338 g/mol. The molecule has 3 aromatic rings. The van der Waals surface area contributed by atoms with Crippen LogP contribution in [0.4, 0.5) is 0 Å². The maximum absolute atomic E-state index is 12.6. The van der Waals surface area contributed by atoms with Gasteiger partial charge in [-0.2, -0.15) is 0 Å². The highest BCUT2D eigenvalue weighted by Crippen LogP contribution is 2.34. The molecule has 1 aliphatic rings. The predicted octanol–water partition coefficient (Wildman–Crippen LogP) is 3.63. The van der Waals surface area contributed by atoms with E-state index in [9.17, 15) is 9.59 Å². The standard InChI is InChI=1S/C19H14O6/c1-22-19-12(3-5-16-13(19)6-7-23-16)15(21)9-14(20)11-2-4-17-18(8-11)25-10-24-17/h2-8H,9-10H2,1H3. The summed E-state index contributed by atoms with van der Waals surface area (Å²) in [5.41, 5.74) is 1.38. The number of Topliss-reactive ketones (excluding diaryl/α,β-unsaturated/α-hetero) is 2. The van der Waals surface area contributed by atoms with Crippen molar-refractivity contribution in [2.45, 2.75) is 6.42 Å². The van der Waals surface area contributed by atoms with Gasteiger partial charge >= 0.3 is 0 Å². The minimum absolute atomic E-state index is 0.133. The van der Waals surface area contributed by atoms with Gasteiger partial charge in [0.05, 0.1) is 30.7 Å². The topological polar surface area (TPSA) is 75.0 Å². The molecule has 0 saturated carbocycles. The Bertz CT molecular complexity index is 985. The van der Waals surface area contributed by atoms with Crippen molar-refractivity contribution in [1.82, 2.24) is 0 Å². The zero-order valence-corrected chi connectivity index (χ0v) is 13.4. The summed E-state index contributed by atoms with van der Waals surface area (Å²) in [6, 6.07) is 9.91. The lowest BCUT2D eigenvalue weighted by Crippen LogP contribution is -2.10. The normalized spacial score (nSPS) is 12.4. The number of hydrogen-bond acceptors (Lipinski definition) is 6. The van der Waals surface area contributed by atoms with Crippen LogP contribution in [0, 0.1) is 0 Å². The van der Waals surface area contributed by atoms with Crippen LogP contribution in [0.25, 0.3) is 11.0 Å². The zero-order chi connectivity index (χ0) is 17.4. The highest BCUT2D eigenvalue weighted by molar-refractivity contribution is 6.16. The van der Waals surface area contributed by atoms with Crippen molar-refractivity contribution in [1.29, 1.82) is 0 Å². The van der Waals surface area contributed by atoms with Crippen molar-refractivity contribution >= 4 is 22.5 Å². The summed E-state index contributed by atoms with van der Waals surface area (Å²) >= 11 is 0. The Morgan fingerprint density at radius 1 is 1.04 bits per heavy atom. The van der Waals surface area contributed by atoms with Crippen molar-refractivity contribution in [3.63, 3.8) is 0 Å². The van der Waals surface area contributed by atoms with Gasteiger partial charge in [0.15, 0.2) is 23.1 Å². The van der Waals surface area contributed by atoms with Crippen LogP contribution >= 0.6 is 0 Å². The molecule has 0 bridgehead atoms. The Hall–Kier alpha value is -3.28. The molecule has 0 fully saturated rings. The molecule has 2 heterocycles. The third-order valence-corrected chi connectivity index (χ3v) is 4.11. The van der Waals surface area contributed by atoms with E-state index in [4.69, 9.17) is 18.6 Å². The maximum atomic E-state index is 12.6. The quantitative estimate of drug-likeness (QED) is 0.522. The fraction of sp³-hybridized carbons (Fsp3) is 0.158. The van der Waals surface area contributed by atoms with Crippen LogP contribution in [0.3, 0.4) is 0 Å². The molecule has 0 atom stereocenters. The zero-order valence-electron chi connectivity index (χ0n) is 13.4. The molecule has 0 amide bonds. The Labute approximate surface area is 142 Å². The van der Waals surface area contributed by atoms with Crippen molar-refractivity contribution in [3.8, 4) is 17.2 Å². The van der Waals surface area contributed by atoms with Gasteiger partial charge in [-0.15, -0.1) is 0 Å². The van der Waals surface area contributed by atoms with Crippen molar-refractivity contribution < 1.29 is 28.2 Å². The molecule has 0 unspecified atom stereocenters. The van der Waals surface area contributed by atoms with Crippen LogP contribution in [0.15, 0.2) is 47.1 Å². The van der Waals surface area contributed by atoms with Crippen molar-refractivity contribution in [2.75, 3.05) is 13.9 Å². The Morgan fingerprint density at radius 3 is 2.72 bits per heavy atom. The summed E-state index contributed by atoms with van der Waals surface area (Å²) < 4.78 is 21.1. The first-order valence-corrected chi connectivity index (χ1v) is 7.67. The molecule has 1 aliphatic heterocycles. The second-order valence-corrected chi connectivity index (χ2v) is 5.57. The van der Waals surface area contributed by atoms with E-state index in [0.29, 0.717) is 39.3 Å². The van der Waals surface area contributed by atoms with E-state index in [-0.39, 0.29) is 24.8 Å².